The topological polar surface area (TPSA) is 220 Å². The zero-order chi connectivity index (χ0) is 45.8. The van der Waals surface area contributed by atoms with Crippen LogP contribution < -0.4 is 25.0 Å². The van der Waals surface area contributed by atoms with Crippen molar-refractivity contribution in [3.05, 3.63) is 126 Å². The Balaban J connectivity index is 1.13. The molecule has 7 rings (SSSR count). The molecule has 1 atom stereocenters. The minimum absolute atomic E-state index is 0.0362. The summed E-state index contributed by atoms with van der Waals surface area (Å²) in [4.78, 5) is 31.5. The Labute approximate surface area is 370 Å². The number of ether oxygens (including phenoxy) is 1. The number of pyridine rings is 1. The number of aromatic nitrogens is 2. The quantitative estimate of drug-likeness (QED) is 0.0538. The van der Waals surface area contributed by atoms with Crippen LogP contribution in [-0.4, -0.2) is 80.7 Å². The molecule has 2 aromatic heterocycles. The smallest absolute Gasteiger partial charge is 0.465 e. The first-order valence-corrected chi connectivity index (χ1v) is 23.0. The van der Waals surface area contributed by atoms with Crippen LogP contribution in [0.1, 0.15) is 41.3 Å². The number of halogens is 4. The Morgan fingerprint density at radius 3 is 2.39 bits per heavy atom. The fourth-order valence-electron chi connectivity index (χ4n) is 7.36. The maximum Gasteiger partial charge on any atom is 0.501 e. The van der Waals surface area contributed by atoms with Crippen molar-refractivity contribution in [2.75, 3.05) is 36.4 Å². The number of hydrogen-bond donors (Lipinski definition) is 6. The average molecular weight is 941 g/mol. The van der Waals surface area contributed by atoms with E-state index in [2.05, 4.69) is 20.6 Å². The van der Waals surface area contributed by atoms with Gasteiger partial charge in [-0.1, -0.05) is 48.0 Å². The fraction of sp³-hybridized carbons (Fsp3) is 0.233. The van der Waals surface area contributed by atoms with Gasteiger partial charge in [-0.3, -0.25) is 4.79 Å². The summed E-state index contributed by atoms with van der Waals surface area (Å²) in [5.41, 5.74) is -2.98. The van der Waals surface area contributed by atoms with Crippen molar-refractivity contribution in [1.29, 1.82) is 0 Å². The zero-order valence-corrected chi connectivity index (χ0v) is 35.9. The number of rotatable bonds is 15. The summed E-state index contributed by atoms with van der Waals surface area (Å²) in [5, 5.41) is 26.2. The lowest BCUT2D eigenvalue weighted by Gasteiger charge is -2.36. The van der Waals surface area contributed by atoms with Crippen LogP contribution >= 0.6 is 11.6 Å². The number of piperidine rings is 1. The highest BCUT2D eigenvalue weighted by atomic mass is 35.5. The molecule has 4 aromatic carbocycles. The zero-order valence-electron chi connectivity index (χ0n) is 33.5. The lowest BCUT2D eigenvalue weighted by molar-refractivity contribution is -0.0435. The number of aromatic amines is 1. The third-order valence-electron chi connectivity index (χ3n) is 10.6. The molecule has 64 heavy (non-hydrogen) atoms. The number of hydrogen-bond acceptors (Lipinski definition) is 11. The van der Waals surface area contributed by atoms with E-state index in [4.69, 9.17) is 21.4 Å². The molecule has 0 aliphatic carbocycles. The van der Waals surface area contributed by atoms with E-state index in [1.54, 1.807) is 36.5 Å². The molecule has 6 aromatic rings. The second kappa shape index (κ2) is 18.8. The summed E-state index contributed by atoms with van der Waals surface area (Å²) in [6.45, 7) is 0.688. The number of carbonyl (C=O) groups excluding carboxylic acids is 1. The Morgan fingerprint density at radius 2 is 1.67 bits per heavy atom. The first-order valence-electron chi connectivity index (χ1n) is 19.7. The van der Waals surface area contributed by atoms with E-state index >= 15 is 0 Å². The summed E-state index contributed by atoms with van der Waals surface area (Å²) in [7, 11) is -11.2. The van der Waals surface area contributed by atoms with E-state index in [0.29, 0.717) is 47.7 Å². The molecule has 1 saturated heterocycles. The van der Waals surface area contributed by atoms with Crippen LogP contribution in [0, 0.1) is 5.92 Å². The number of sulfone groups is 1. The third kappa shape index (κ3) is 10.2. The van der Waals surface area contributed by atoms with E-state index in [0.717, 1.165) is 28.8 Å². The van der Waals surface area contributed by atoms with E-state index in [1.165, 1.54) is 18.3 Å². The lowest BCUT2D eigenvalue weighted by atomic mass is 9.84. The highest BCUT2D eigenvalue weighted by molar-refractivity contribution is 7.92. The number of carboxylic acid groups (broad SMARTS) is 1. The molecule has 0 unspecified atom stereocenters. The van der Waals surface area contributed by atoms with Gasteiger partial charge in [0.05, 0.1) is 28.4 Å². The molecule has 1 fully saturated rings. The van der Waals surface area contributed by atoms with Crippen molar-refractivity contribution >= 4 is 65.9 Å². The van der Waals surface area contributed by atoms with Gasteiger partial charge in [-0.2, -0.15) is 13.2 Å². The molecule has 3 heterocycles. The van der Waals surface area contributed by atoms with Gasteiger partial charge < -0.3 is 35.5 Å². The highest BCUT2D eigenvalue weighted by Crippen LogP contribution is 2.40. The third-order valence-corrected chi connectivity index (χ3v) is 13.7. The SMILES string of the molecule is O=C(O)NCCCNc1ccc(S(=O)(=O)NC(=O)c2ccc(N3CCC([C@H](O)c4ccccc4-c4ccc(Cl)cc4)CC3)cc2Oc2cnc3[nH]ccc3c2)cc1S(=O)(=O)C(F)(F)F. The number of anilines is 2. The van der Waals surface area contributed by atoms with Gasteiger partial charge in [0.1, 0.15) is 22.0 Å². The second-order valence-corrected chi connectivity index (χ2v) is 18.8. The van der Waals surface area contributed by atoms with Crippen LogP contribution in [-0.2, 0) is 19.9 Å². The van der Waals surface area contributed by atoms with Crippen molar-refractivity contribution in [3.8, 4) is 22.6 Å². The summed E-state index contributed by atoms with van der Waals surface area (Å²) < 4.78 is 102. The van der Waals surface area contributed by atoms with E-state index in [-0.39, 0.29) is 48.6 Å². The van der Waals surface area contributed by atoms with Gasteiger partial charge >= 0.3 is 11.6 Å². The minimum atomic E-state index is -6.13. The van der Waals surface area contributed by atoms with Gasteiger partial charge in [0.15, 0.2) is 0 Å². The molecule has 1 aliphatic heterocycles. The van der Waals surface area contributed by atoms with Crippen LogP contribution in [0.25, 0.3) is 22.2 Å². The van der Waals surface area contributed by atoms with Crippen molar-refractivity contribution in [2.45, 2.75) is 40.7 Å². The van der Waals surface area contributed by atoms with Crippen LogP contribution in [0.5, 0.6) is 11.5 Å². The molecular formula is C43H40ClF3N6O9S2. The van der Waals surface area contributed by atoms with Gasteiger partial charge in [-0.15, -0.1) is 0 Å². The standard InChI is InChI=1S/C43H40ClF3N6O9S2/c44-29-8-6-26(7-9-29)33-4-1-2-5-34(33)39(54)27-15-20-53(21-16-27)30-10-12-35(37(23-30)62-31-22-28-14-19-49-40(28)51-25-31)41(55)52-64(60,61)32-11-13-36(48-17-3-18-50-42(56)57)38(24-32)63(58,59)43(45,46)47/h1-2,4-14,19,22-25,27,39,48,50,54H,3,15-18,20-21H2,(H,49,51)(H,52,55)(H,56,57)/t39-/m0/s1. The molecular weight excluding hydrogens is 901 g/mol. The van der Waals surface area contributed by atoms with Crippen LogP contribution in [0.2, 0.25) is 5.02 Å². The number of aliphatic hydroxyl groups excluding tert-OH is 1. The van der Waals surface area contributed by atoms with Crippen molar-refractivity contribution in [2.24, 2.45) is 5.92 Å². The van der Waals surface area contributed by atoms with E-state index in [1.807, 2.05) is 46.0 Å². The number of fused-ring (bicyclic) bond motifs is 1. The number of nitrogens with one attached hydrogen (secondary N) is 4. The second-order valence-electron chi connectivity index (χ2n) is 14.8. The number of benzene rings is 4. The van der Waals surface area contributed by atoms with Crippen LogP contribution in [0.3, 0.4) is 0 Å². The first-order chi connectivity index (χ1) is 30.4. The number of aliphatic hydroxyl groups is 1. The maximum absolute atomic E-state index is 13.9. The van der Waals surface area contributed by atoms with Gasteiger partial charge in [0, 0.05) is 54.5 Å². The number of nitrogens with zero attached hydrogens (tertiary/aromatic N) is 2. The average Bonchev–Trinajstić information content (AvgIpc) is 3.74. The summed E-state index contributed by atoms with van der Waals surface area (Å²) in [6.07, 6.45) is 2.14. The molecule has 15 nitrogen and oxygen atoms in total. The molecule has 1 aliphatic rings. The molecule has 21 heteroatoms. The van der Waals surface area contributed by atoms with Gasteiger partial charge in [0.2, 0.25) is 0 Å². The Hall–Kier alpha value is -6.35. The number of H-pyrrole nitrogens is 1. The Bertz CT molecular complexity index is 2910. The molecule has 0 radical (unpaired) electrons. The first kappa shape index (κ1) is 45.7. The Kier molecular flexibility index (Phi) is 13.4. The van der Waals surface area contributed by atoms with Crippen molar-refractivity contribution in [3.63, 3.8) is 0 Å². The van der Waals surface area contributed by atoms with Crippen LogP contribution in [0.4, 0.5) is 29.3 Å². The van der Waals surface area contributed by atoms with Gasteiger partial charge in [0.25, 0.3) is 25.8 Å². The molecule has 336 valence electrons. The highest BCUT2D eigenvalue weighted by Gasteiger charge is 2.48. The summed E-state index contributed by atoms with van der Waals surface area (Å²) >= 11 is 6.11. The lowest BCUT2D eigenvalue weighted by Crippen LogP contribution is -2.36. The largest absolute Gasteiger partial charge is 0.501 e. The number of amides is 2. The molecule has 6 N–H and O–H groups in total. The van der Waals surface area contributed by atoms with Crippen molar-refractivity contribution < 1.29 is 54.5 Å². The summed E-state index contributed by atoms with van der Waals surface area (Å²) in [6, 6.07) is 24.7. The minimum Gasteiger partial charge on any atom is -0.465 e. The van der Waals surface area contributed by atoms with Crippen molar-refractivity contribution in [1.82, 2.24) is 20.0 Å². The number of carbonyl (C=O) groups is 2. The molecule has 0 saturated carbocycles. The monoisotopic (exact) mass is 940 g/mol. The van der Waals surface area contributed by atoms with Crippen LogP contribution in [0.15, 0.2) is 119 Å². The predicted molar refractivity (Wildman–Crippen MR) is 233 cm³/mol. The fourth-order valence-corrected chi connectivity index (χ4v) is 9.52. The number of alkyl halides is 3. The predicted octanol–water partition coefficient (Wildman–Crippen LogP) is 8.11. The van der Waals surface area contributed by atoms with Gasteiger partial charge in [-0.25, -0.2) is 31.3 Å². The number of sulfonamides is 1. The molecule has 0 bridgehead atoms. The Morgan fingerprint density at radius 1 is 0.938 bits per heavy atom. The normalized spacial score (nSPS) is 14.2. The molecule has 0 spiro atoms. The summed E-state index contributed by atoms with van der Waals surface area (Å²) in [5.74, 6) is -1.26. The van der Waals surface area contributed by atoms with Gasteiger partial charge in [-0.05, 0) is 96.5 Å². The molecule has 2 amide bonds. The van der Waals surface area contributed by atoms with E-state index in [9.17, 15) is 44.7 Å². The maximum atomic E-state index is 13.9. The van der Waals surface area contributed by atoms with E-state index < -0.39 is 59.0 Å².